The standard InChI is InChI=1S/C16H19NO3/c1-11-10-14(6-5-13(11)7-8-15(18)19)16(20)17-9-3-4-12(17)2/h5-8,10,12H,3-4,9H2,1-2H3,(H,18,19)/b8-7+. The number of likely N-dealkylation sites (tertiary alicyclic amines) is 1. The van der Waals surface area contributed by atoms with Crippen LogP contribution in [0, 0.1) is 6.92 Å². The van der Waals surface area contributed by atoms with E-state index in [1.54, 1.807) is 18.2 Å². The van der Waals surface area contributed by atoms with Crippen molar-refractivity contribution >= 4 is 18.0 Å². The van der Waals surface area contributed by atoms with Crippen molar-refractivity contribution in [3.05, 3.63) is 41.0 Å². The minimum atomic E-state index is -0.976. The molecule has 1 aliphatic rings. The molecule has 0 bridgehead atoms. The molecule has 106 valence electrons. The second-order valence-corrected chi connectivity index (χ2v) is 5.23. The van der Waals surface area contributed by atoms with E-state index >= 15 is 0 Å². The molecule has 2 rings (SSSR count). The van der Waals surface area contributed by atoms with Gasteiger partial charge in [0.2, 0.25) is 0 Å². The van der Waals surface area contributed by atoms with Crippen LogP contribution in [0.25, 0.3) is 6.08 Å². The number of aliphatic carboxylic acids is 1. The molecular weight excluding hydrogens is 254 g/mol. The number of carbonyl (C=O) groups is 2. The Hall–Kier alpha value is -2.10. The van der Waals surface area contributed by atoms with Gasteiger partial charge in [-0.15, -0.1) is 0 Å². The number of hydrogen-bond acceptors (Lipinski definition) is 2. The highest BCUT2D eigenvalue weighted by Crippen LogP contribution is 2.21. The Morgan fingerprint density at radius 2 is 2.15 bits per heavy atom. The fraction of sp³-hybridized carbons (Fsp3) is 0.375. The molecule has 1 N–H and O–H groups in total. The lowest BCUT2D eigenvalue weighted by atomic mass is 10.0. The molecule has 1 aromatic rings. The van der Waals surface area contributed by atoms with Gasteiger partial charge in [-0.3, -0.25) is 4.79 Å². The lowest BCUT2D eigenvalue weighted by Gasteiger charge is -2.21. The smallest absolute Gasteiger partial charge is 0.328 e. The van der Waals surface area contributed by atoms with Crippen molar-refractivity contribution in [2.24, 2.45) is 0 Å². The molecule has 1 unspecified atom stereocenters. The highest BCUT2D eigenvalue weighted by molar-refractivity contribution is 5.95. The number of hydrogen-bond donors (Lipinski definition) is 1. The maximum Gasteiger partial charge on any atom is 0.328 e. The van der Waals surface area contributed by atoms with Gasteiger partial charge in [-0.2, -0.15) is 0 Å². The Bertz CT molecular complexity index is 563. The monoisotopic (exact) mass is 273 g/mol. The number of nitrogens with zero attached hydrogens (tertiary/aromatic N) is 1. The third-order valence-electron chi connectivity index (χ3n) is 3.74. The SMILES string of the molecule is Cc1cc(C(=O)N2CCCC2C)ccc1/C=C/C(=O)O. The summed E-state index contributed by atoms with van der Waals surface area (Å²) >= 11 is 0. The predicted molar refractivity (Wildman–Crippen MR) is 77.6 cm³/mol. The van der Waals surface area contributed by atoms with Crippen LogP contribution in [0.2, 0.25) is 0 Å². The van der Waals surface area contributed by atoms with E-state index in [-0.39, 0.29) is 5.91 Å². The summed E-state index contributed by atoms with van der Waals surface area (Å²) < 4.78 is 0. The first-order valence-corrected chi connectivity index (χ1v) is 6.81. The Kier molecular flexibility index (Phi) is 4.23. The summed E-state index contributed by atoms with van der Waals surface area (Å²) in [5, 5.41) is 8.63. The van der Waals surface area contributed by atoms with E-state index in [1.807, 2.05) is 17.9 Å². The van der Waals surface area contributed by atoms with Crippen LogP contribution in [-0.4, -0.2) is 34.5 Å². The van der Waals surface area contributed by atoms with Crippen LogP contribution in [0.5, 0.6) is 0 Å². The average molecular weight is 273 g/mol. The predicted octanol–water partition coefficient (Wildman–Crippen LogP) is 2.72. The number of benzene rings is 1. The molecule has 4 nitrogen and oxygen atoms in total. The Labute approximate surface area is 118 Å². The zero-order valence-electron chi connectivity index (χ0n) is 11.8. The van der Waals surface area contributed by atoms with Crippen molar-refractivity contribution in [1.29, 1.82) is 0 Å². The summed E-state index contributed by atoms with van der Waals surface area (Å²) in [6.07, 6.45) is 4.77. The van der Waals surface area contributed by atoms with Gasteiger partial charge in [0, 0.05) is 24.2 Å². The summed E-state index contributed by atoms with van der Waals surface area (Å²) in [5.74, 6) is -0.915. The molecule has 0 saturated carbocycles. The molecule has 4 heteroatoms. The van der Waals surface area contributed by atoms with Gasteiger partial charge in [0.15, 0.2) is 0 Å². The van der Waals surface area contributed by atoms with Gasteiger partial charge >= 0.3 is 5.97 Å². The first kappa shape index (κ1) is 14.3. The number of rotatable bonds is 3. The zero-order valence-corrected chi connectivity index (χ0v) is 11.8. The molecule has 20 heavy (non-hydrogen) atoms. The fourth-order valence-corrected chi connectivity index (χ4v) is 2.56. The summed E-state index contributed by atoms with van der Waals surface area (Å²) in [7, 11) is 0. The quantitative estimate of drug-likeness (QED) is 0.861. The van der Waals surface area contributed by atoms with E-state index in [4.69, 9.17) is 5.11 Å². The van der Waals surface area contributed by atoms with Crippen LogP contribution in [0.3, 0.4) is 0 Å². The molecule has 1 aliphatic heterocycles. The van der Waals surface area contributed by atoms with Crippen molar-refractivity contribution in [2.45, 2.75) is 32.7 Å². The Balaban J connectivity index is 2.20. The highest BCUT2D eigenvalue weighted by Gasteiger charge is 2.25. The van der Waals surface area contributed by atoms with E-state index in [0.717, 1.165) is 36.6 Å². The minimum absolute atomic E-state index is 0.0619. The maximum absolute atomic E-state index is 12.4. The first-order chi connectivity index (χ1) is 9.49. The van der Waals surface area contributed by atoms with Crippen LogP contribution in [0.4, 0.5) is 0 Å². The molecule has 1 saturated heterocycles. The van der Waals surface area contributed by atoms with Crippen molar-refractivity contribution < 1.29 is 14.7 Å². The van der Waals surface area contributed by atoms with E-state index in [1.165, 1.54) is 0 Å². The molecule has 0 spiro atoms. The second-order valence-electron chi connectivity index (χ2n) is 5.23. The molecule has 0 aromatic heterocycles. The zero-order chi connectivity index (χ0) is 14.7. The molecular formula is C16H19NO3. The summed E-state index contributed by atoms with van der Waals surface area (Å²) in [4.78, 5) is 24.8. The molecule has 1 fully saturated rings. The molecule has 1 aromatic carbocycles. The van der Waals surface area contributed by atoms with Crippen LogP contribution >= 0.6 is 0 Å². The van der Waals surface area contributed by atoms with Crippen molar-refractivity contribution in [2.75, 3.05) is 6.54 Å². The molecule has 0 radical (unpaired) electrons. The number of carboxylic acids is 1. The lowest BCUT2D eigenvalue weighted by Crippen LogP contribution is -2.33. The second kappa shape index (κ2) is 5.90. The van der Waals surface area contributed by atoms with E-state index in [9.17, 15) is 9.59 Å². The van der Waals surface area contributed by atoms with Crippen molar-refractivity contribution in [3.8, 4) is 0 Å². The fourth-order valence-electron chi connectivity index (χ4n) is 2.56. The highest BCUT2D eigenvalue weighted by atomic mass is 16.4. The van der Waals surface area contributed by atoms with Crippen molar-refractivity contribution in [1.82, 2.24) is 4.90 Å². The van der Waals surface area contributed by atoms with E-state index in [2.05, 4.69) is 6.92 Å². The van der Waals surface area contributed by atoms with Crippen LogP contribution < -0.4 is 0 Å². The summed E-state index contributed by atoms with van der Waals surface area (Å²) in [5.41, 5.74) is 2.39. The van der Waals surface area contributed by atoms with Gasteiger partial charge in [-0.05, 0) is 56.0 Å². The summed E-state index contributed by atoms with van der Waals surface area (Å²) in [6.45, 7) is 4.77. The summed E-state index contributed by atoms with van der Waals surface area (Å²) in [6, 6.07) is 5.69. The van der Waals surface area contributed by atoms with E-state index < -0.39 is 5.97 Å². The molecule has 1 amide bonds. The van der Waals surface area contributed by atoms with Gasteiger partial charge in [-0.25, -0.2) is 4.79 Å². The van der Waals surface area contributed by atoms with Gasteiger partial charge in [0.25, 0.3) is 5.91 Å². The van der Waals surface area contributed by atoms with Gasteiger partial charge in [-0.1, -0.05) is 6.07 Å². The number of aryl methyl sites for hydroxylation is 1. The number of carbonyl (C=O) groups excluding carboxylic acids is 1. The topological polar surface area (TPSA) is 57.6 Å². The van der Waals surface area contributed by atoms with Crippen LogP contribution in [0.1, 0.15) is 41.3 Å². The maximum atomic E-state index is 12.4. The number of amides is 1. The van der Waals surface area contributed by atoms with Gasteiger partial charge < -0.3 is 10.0 Å². The van der Waals surface area contributed by atoms with Gasteiger partial charge in [0.1, 0.15) is 0 Å². The average Bonchev–Trinajstić information content (AvgIpc) is 2.82. The van der Waals surface area contributed by atoms with Crippen LogP contribution in [-0.2, 0) is 4.79 Å². The normalized spacial score (nSPS) is 18.7. The minimum Gasteiger partial charge on any atom is -0.478 e. The van der Waals surface area contributed by atoms with Crippen LogP contribution in [0.15, 0.2) is 24.3 Å². The lowest BCUT2D eigenvalue weighted by molar-refractivity contribution is -0.131. The third-order valence-corrected chi connectivity index (χ3v) is 3.74. The molecule has 0 aliphatic carbocycles. The van der Waals surface area contributed by atoms with Gasteiger partial charge in [0.05, 0.1) is 0 Å². The third kappa shape index (κ3) is 3.07. The van der Waals surface area contributed by atoms with E-state index in [0.29, 0.717) is 11.6 Å². The van der Waals surface area contributed by atoms with Crippen molar-refractivity contribution in [3.63, 3.8) is 0 Å². The Morgan fingerprint density at radius 3 is 2.70 bits per heavy atom. The molecule has 1 atom stereocenters. The number of carboxylic acid groups (broad SMARTS) is 1. The Morgan fingerprint density at radius 1 is 1.40 bits per heavy atom. The molecule has 1 heterocycles. The largest absolute Gasteiger partial charge is 0.478 e. The first-order valence-electron chi connectivity index (χ1n) is 6.81.